The predicted octanol–water partition coefficient (Wildman–Crippen LogP) is -0.164. The zero-order chi connectivity index (χ0) is 13.2. The number of rotatable bonds is 0. The highest BCUT2D eigenvalue weighted by molar-refractivity contribution is 9.10. The second-order valence-electron chi connectivity index (χ2n) is 2.85. The lowest BCUT2D eigenvalue weighted by atomic mass is 10.4. The molecule has 0 amide bonds. The van der Waals surface area contributed by atoms with Crippen LogP contribution in [-0.4, -0.2) is 37.3 Å². The Morgan fingerprint density at radius 1 is 1.47 bits per heavy atom. The highest BCUT2D eigenvalue weighted by Gasteiger charge is 2.06. The van der Waals surface area contributed by atoms with Crippen molar-refractivity contribution in [2.45, 2.75) is 6.92 Å². The van der Waals surface area contributed by atoms with E-state index in [-0.39, 0.29) is 5.43 Å². The molecule has 0 bridgehead atoms. The van der Waals surface area contributed by atoms with Gasteiger partial charge >= 0.3 is 10.4 Å². The third kappa shape index (κ3) is 3.89. The van der Waals surface area contributed by atoms with Gasteiger partial charge in [0, 0.05) is 5.69 Å². The SMILES string of the molecule is Cc1[nH]n2cnnc2c(=O)c1Br.O=S(=O)(O)O. The van der Waals surface area contributed by atoms with Crippen molar-refractivity contribution in [3.8, 4) is 0 Å². The molecular formula is C6H7BrN4O5S. The fourth-order valence-electron chi connectivity index (χ4n) is 0.970. The molecule has 2 rings (SSSR count). The Bertz CT molecular complexity index is 682. The first kappa shape index (κ1) is 13.8. The van der Waals surface area contributed by atoms with Crippen molar-refractivity contribution < 1.29 is 17.5 Å². The number of nitrogens with zero attached hydrogens (tertiary/aromatic N) is 3. The number of nitrogens with one attached hydrogen (secondary N) is 1. The monoisotopic (exact) mass is 326 g/mol. The third-order valence-electron chi connectivity index (χ3n) is 1.57. The summed E-state index contributed by atoms with van der Waals surface area (Å²) in [6.07, 6.45) is 1.45. The highest BCUT2D eigenvalue weighted by atomic mass is 79.9. The number of hydrogen-bond donors (Lipinski definition) is 3. The Morgan fingerprint density at radius 2 is 2.00 bits per heavy atom. The van der Waals surface area contributed by atoms with Crippen LogP contribution in [0.25, 0.3) is 5.65 Å². The second-order valence-corrected chi connectivity index (χ2v) is 4.54. The molecule has 11 heteroatoms. The molecule has 0 aliphatic rings. The van der Waals surface area contributed by atoms with Crippen LogP contribution < -0.4 is 5.43 Å². The molecule has 2 aromatic heterocycles. The van der Waals surface area contributed by atoms with Crippen molar-refractivity contribution in [1.29, 1.82) is 0 Å². The number of fused-ring (bicyclic) bond motifs is 1. The molecule has 94 valence electrons. The van der Waals surface area contributed by atoms with E-state index in [1.165, 1.54) is 10.8 Å². The molecule has 0 atom stereocenters. The Labute approximate surface area is 103 Å². The van der Waals surface area contributed by atoms with Crippen molar-refractivity contribution in [2.24, 2.45) is 0 Å². The molecule has 0 saturated heterocycles. The van der Waals surface area contributed by atoms with Crippen molar-refractivity contribution in [3.05, 3.63) is 26.7 Å². The van der Waals surface area contributed by atoms with Gasteiger partial charge in [0.05, 0.1) is 4.47 Å². The van der Waals surface area contributed by atoms with Crippen molar-refractivity contribution >= 4 is 32.0 Å². The first-order valence-corrected chi connectivity index (χ1v) is 6.17. The lowest BCUT2D eigenvalue weighted by Gasteiger charge is -1.97. The van der Waals surface area contributed by atoms with Gasteiger partial charge in [0.1, 0.15) is 6.33 Å². The van der Waals surface area contributed by atoms with Crippen LogP contribution in [0.5, 0.6) is 0 Å². The van der Waals surface area contributed by atoms with Crippen molar-refractivity contribution in [3.63, 3.8) is 0 Å². The molecule has 3 N–H and O–H groups in total. The fourth-order valence-corrected chi connectivity index (χ4v) is 1.24. The van der Waals surface area contributed by atoms with Crippen LogP contribution in [-0.2, 0) is 10.4 Å². The topological polar surface area (TPSA) is 138 Å². The van der Waals surface area contributed by atoms with Gasteiger partial charge in [-0.15, -0.1) is 10.2 Å². The van der Waals surface area contributed by atoms with Crippen LogP contribution in [0, 0.1) is 6.92 Å². The number of aromatic amines is 1. The van der Waals surface area contributed by atoms with Gasteiger partial charge in [-0.05, 0) is 22.9 Å². The van der Waals surface area contributed by atoms with Crippen molar-refractivity contribution in [1.82, 2.24) is 19.8 Å². The van der Waals surface area contributed by atoms with Crippen LogP contribution in [0.1, 0.15) is 5.69 Å². The van der Waals surface area contributed by atoms with Crippen LogP contribution >= 0.6 is 15.9 Å². The van der Waals surface area contributed by atoms with Gasteiger partial charge in [-0.1, -0.05) is 0 Å². The normalized spacial score (nSPS) is 11.1. The summed E-state index contributed by atoms with van der Waals surface area (Å²) in [5.74, 6) is 0. The minimum Gasteiger partial charge on any atom is -0.294 e. The molecule has 2 heterocycles. The first-order valence-electron chi connectivity index (χ1n) is 3.98. The quantitative estimate of drug-likeness (QED) is 0.571. The molecule has 0 fully saturated rings. The summed E-state index contributed by atoms with van der Waals surface area (Å²) in [6, 6.07) is 0. The number of halogens is 1. The largest absolute Gasteiger partial charge is 0.394 e. The van der Waals surface area contributed by atoms with E-state index in [0.717, 1.165) is 5.69 Å². The van der Waals surface area contributed by atoms with Crippen molar-refractivity contribution in [2.75, 3.05) is 0 Å². The summed E-state index contributed by atoms with van der Waals surface area (Å²) in [5, 5.41) is 10.2. The van der Waals surface area contributed by atoms with Gasteiger partial charge in [-0.2, -0.15) is 8.42 Å². The molecule has 0 unspecified atom stereocenters. The van der Waals surface area contributed by atoms with Gasteiger partial charge in [0.2, 0.25) is 11.1 Å². The fraction of sp³-hybridized carbons (Fsp3) is 0.167. The zero-order valence-corrected chi connectivity index (χ0v) is 10.7. The average molecular weight is 327 g/mol. The summed E-state index contributed by atoms with van der Waals surface area (Å²) < 4.78 is 33.6. The van der Waals surface area contributed by atoms with Gasteiger partial charge in [0.25, 0.3) is 0 Å². The summed E-state index contributed by atoms with van der Waals surface area (Å²) in [7, 11) is -4.67. The summed E-state index contributed by atoms with van der Waals surface area (Å²) >= 11 is 3.16. The Morgan fingerprint density at radius 3 is 2.53 bits per heavy atom. The zero-order valence-electron chi connectivity index (χ0n) is 8.32. The Balaban J connectivity index is 0.000000249. The summed E-state index contributed by atoms with van der Waals surface area (Å²) in [6.45, 7) is 1.80. The predicted molar refractivity (Wildman–Crippen MR) is 60.2 cm³/mol. The third-order valence-corrected chi connectivity index (χ3v) is 2.52. The van der Waals surface area contributed by atoms with E-state index < -0.39 is 10.4 Å². The van der Waals surface area contributed by atoms with Gasteiger partial charge < -0.3 is 0 Å². The lowest BCUT2D eigenvalue weighted by molar-refractivity contribution is 0.381. The standard InChI is InChI=1S/C6H5BrN4O.H2O4S/c1-3-4(7)5(12)6-9-8-2-11(6)10-3;1-5(2,3)4/h2,10H,1H3;(H2,1,2,3,4). The molecule has 0 aliphatic heterocycles. The van der Waals surface area contributed by atoms with Crippen LogP contribution in [0.2, 0.25) is 0 Å². The lowest BCUT2D eigenvalue weighted by Crippen LogP contribution is -2.11. The maximum absolute atomic E-state index is 11.4. The summed E-state index contributed by atoms with van der Waals surface area (Å²) in [4.78, 5) is 11.4. The highest BCUT2D eigenvalue weighted by Crippen LogP contribution is 2.07. The van der Waals surface area contributed by atoms with E-state index in [0.29, 0.717) is 10.1 Å². The molecule has 9 nitrogen and oxygen atoms in total. The summed E-state index contributed by atoms with van der Waals surface area (Å²) in [5.41, 5.74) is 0.906. The molecule has 0 aliphatic carbocycles. The van der Waals surface area contributed by atoms with E-state index in [2.05, 4.69) is 31.2 Å². The molecule has 0 spiro atoms. The molecule has 2 aromatic rings. The molecule has 0 saturated carbocycles. The smallest absolute Gasteiger partial charge is 0.294 e. The minimum absolute atomic E-state index is 0.149. The Hall–Kier alpha value is -1.30. The maximum atomic E-state index is 11.4. The van der Waals surface area contributed by atoms with Crippen LogP contribution in [0.15, 0.2) is 15.6 Å². The van der Waals surface area contributed by atoms with Gasteiger partial charge in [-0.25, -0.2) is 4.52 Å². The molecule has 17 heavy (non-hydrogen) atoms. The van der Waals surface area contributed by atoms with E-state index in [1.807, 2.05) is 0 Å². The maximum Gasteiger partial charge on any atom is 0.394 e. The molecule has 0 radical (unpaired) electrons. The number of aromatic nitrogens is 4. The van der Waals surface area contributed by atoms with E-state index in [1.54, 1.807) is 6.92 Å². The van der Waals surface area contributed by atoms with E-state index >= 15 is 0 Å². The van der Waals surface area contributed by atoms with E-state index in [4.69, 9.17) is 17.5 Å². The van der Waals surface area contributed by atoms with E-state index in [9.17, 15) is 4.79 Å². The number of aryl methyl sites for hydroxylation is 1. The second kappa shape index (κ2) is 4.91. The molecular weight excluding hydrogens is 320 g/mol. The van der Waals surface area contributed by atoms with Gasteiger partial charge in [0.15, 0.2) is 0 Å². The molecule has 0 aromatic carbocycles. The van der Waals surface area contributed by atoms with Crippen LogP contribution in [0.4, 0.5) is 0 Å². The number of H-pyrrole nitrogens is 1. The average Bonchev–Trinajstić information content (AvgIpc) is 2.59. The van der Waals surface area contributed by atoms with Crippen LogP contribution in [0.3, 0.4) is 0 Å². The minimum atomic E-state index is -4.67. The number of hydrogen-bond acceptors (Lipinski definition) is 5. The first-order chi connectivity index (χ1) is 7.70. The van der Waals surface area contributed by atoms with Gasteiger partial charge in [-0.3, -0.25) is 19.0 Å². The Kier molecular flexibility index (Phi) is 3.98.